The first-order valence-electron chi connectivity index (χ1n) is 7.70. The highest BCUT2D eigenvalue weighted by Gasteiger charge is 2.59. The summed E-state index contributed by atoms with van der Waals surface area (Å²) in [5, 5.41) is 0. The fourth-order valence-electron chi connectivity index (χ4n) is 4.58. The summed E-state index contributed by atoms with van der Waals surface area (Å²) in [6.45, 7) is 4.71. The summed E-state index contributed by atoms with van der Waals surface area (Å²) in [4.78, 5) is 9.36. The highest BCUT2D eigenvalue weighted by molar-refractivity contribution is 5.95. The van der Waals surface area contributed by atoms with E-state index in [9.17, 15) is 0 Å². The molecule has 4 aliphatic carbocycles. The van der Waals surface area contributed by atoms with Gasteiger partial charge in [-0.2, -0.15) is 0 Å². The second-order valence-electron chi connectivity index (χ2n) is 6.63. The van der Waals surface area contributed by atoms with Gasteiger partial charge < -0.3 is 0 Å². The second-order valence-corrected chi connectivity index (χ2v) is 6.63. The fourth-order valence-corrected chi connectivity index (χ4v) is 4.58. The second kappa shape index (κ2) is 3.64. The Morgan fingerprint density at radius 1 is 0.682 bits per heavy atom. The first-order valence-corrected chi connectivity index (χ1v) is 7.70. The summed E-state index contributed by atoms with van der Waals surface area (Å²) in [5.74, 6) is 0. The number of rotatable bonds is 0. The third-order valence-corrected chi connectivity index (χ3v) is 5.96. The van der Waals surface area contributed by atoms with Crippen LogP contribution in [0.5, 0.6) is 0 Å². The van der Waals surface area contributed by atoms with Gasteiger partial charge in [-0.25, -0.2) is 0 Å². The van der Waals surface area contributed by atoms with Gasteiger partial charge >= 0.3 is 0 Å². The molecule has 4 aliphatic rings. The van der Waals surface area contributed by atoms with E-state index in [0.29, 0.717) is 0 Å². The number of hydrogen-bond acceptors (Lipinski definition) is 2. The topological polar surface area (TPSA) is 25.8 Å². The standard InChI is InChI=1S/C20H16N2/c1-19-13-5-3-7-15(19)17-18(22-12-11-21-17)16-8-4-6-14(10-9-13)20(16,19)2/h3-12H,1-2H3/t19-,20-/m1/s1. The Balaban J connectivity index is 2.00. The minimum Gasteiger partial charge on any atom is -0.253 e. The third-order valence-electron chi connectivity index (χ3n) is 5.96. The average Bonchev–Trinajstić information content (AvgIpc) is 2.54. The van der Waals surface area contributed by atoms with Crippen molar-refractivity contribution in [3.63, 3.8) is 0 Å². The van der Waals surface area contributed by atoms with E-state index in [0.717, 1.165) is 11.4 Å². The van der Waals surface area contributed by atoms with Crippen molar-refractivity contribution in [2.45, 2.75) is 13.8 Å². The molecule has 2 atom stereocenters. The molecule has 2 heteroatoms. The first kappa shape index (κ1) is 12.1. The molecule has 0 fully saturated rings. The van der Waals surface area contributed by atoms with Crippen molar-refractivity contribution in [2.75, 3.05) is 0 Å². The van der Waals surface area contributed by atoms with Gasteiger partial charge in [0.2, 0.25) is 0 Å². The van der Waals surface area contributed by atoms with E-state index >= 15 is 0 Å². The molecule has 22 heavy (non-hydrogen) atoms. The van der Waals surface area contributed by atoms with Crippen LogP contribution in [0.2, 0.25) is 0 Å². The number of nitrogens with zero attached hydrogens (tertiary/aromatic N) is 2. The summed E-state index contributed by atoms with van der Waals surface area (Å²) in [7, 11) is 0. The zero-order valence-electron chi connectivity index (χ0n) is 12.7. The molecule has 0 amide bonds. The number of hydrogen-bond donors (Lipinski definition) is 0. The van der Waals surface area contributed by atoms with E-state index in [1.807, 2.05) is 0 Å². The van der Waals surface area contributed by atoms with Crippen molar-refractivity contribution in [2.24, 2.45) is 10.8 Å². The molecule has 1 aromatic heterocycles. The van der Waals surface area contributed by atoms with E-state index < -0.39 is 0 Å². The van der Waals surface area contributed by atoms with Crippen LogP contribution in [0.15, 0.2) is 72.1 Å². The van der Waals surface area contributed by atoms with Gasteiger partial charge in [0.05, 0.1) is 11.4 Å². The van der Waals surface area contributed by atoms with Crippen LogP contribution in [0.25, 0.3) is 11.1 Å². The molecule has 5 rings (SSSR count). The molecule has 106 valence electrons. The molecule has 0 aliphatic heterocycles. The van der Waals surface area contributed by atoms with Crippen LogP contribution in [0.4, 0.5) is 0 Å². The van der Waals surface area contributed by atoms with Gasteiger partial charge in [0.25, 0.3) is 0 Å². The smallest absolute Gasteiger partial charge is 0.0931 e. The summed E-state index contributed by atoms with van der Waals surface area (Å²) in [6, 6.07) is 0. The normalized spacial score (nSPS) is 33.2. The minimum absolute atomic E-state index is 0.0918. The summed E-state index contributed by atoms with van der Waals surface area (Å²) < 4.78 is 0. The molecule has 1 heterocycles. The SMILES string of the molecule is C[C@@]12C3=CC=C4C=CC=C(c5nccnc5C1=CC=C3)[C@@]42C. The van der Waals surface area contributed by atoms with Crippen molar-refractivity contribution in [3.8, 4) is 0 Å². The van der Waals surface area contributed by atoms with Gasteiger partial charge in [-0.3, -0.25) is 9.97 Å². The molecule has 0 spiro atoms. The predicted molar refractivity (Wildman–Crippen MR) is 88.6 cm³/mol. The Bertz CT molecular complexity index is 832. The lowest BCUT2D eigenvalue weighted by Gasteiger charge is -2.57. The lowest BCUT2D eigenvalue weighted by Crippen LogP contribution is -2.48. The summed E-state index contributed by atoms with van der Waals surface area (Å²) in [6.07, 6.45) is 21.3. The lowest BCUT2D eigenvalue weighted by molar-refractivity contribution is 0.300. The van der Waals surface area contributed by atoms with Crippen LogP contribution in [-0.2, 0) is 0 Å². The number of allylic oxidation sites excluding steroid dienone is 12. The van der Waals surface area contributed by atoms with Gasteiger partial charge in [-0.1, -0.05) is 62.5 Å². The van der Waals surface area contributed by atoms with Crippen molar-refractivity contribution >= 4 is 11.1 Å². The summed E-state index contributed by atoms with van der Waals surface area (Å²) in [5.41, 5.74) is 7.15. The highest BCUT2D eigenvalue weighted by atomic mass is 14.8. The third kappa shape index (κ3) is 1.08. The maximum absolute atomic E-state index is 4.68. The maximum Gasteiger partial charge on any atom is 0.0931 e. The van der Waals surface area contributed by atoms with Gasteiger partial charge in [0.1, 0.15) is 0 Å². The van der Waals surface area contributed by atoms with Crippen LogP contribution < -0.4 is 0 Å². The van der Waals surface area contributed by atoms with Crippen molar-refractivity contribution in [1.82, 2.24) is 9.97 Å². The van der Waals surface area contributed by atoms with Crippen molar-refractivity contribution in [3.05, 3.63) is 83.5 Å². The van der Waals surface area contributed by atoms with Gasteiger partial charge in [0, 0.05) is 23.2 Å². The van der Waals surface area contributed by atoms with Crippen LogP contribution >= 0.6 is 0 Å². The van der Waals surface area contributed by atoms with E-state index in [-0.39, 0.29) is 10.8 Å². The maximum atomic E-state index is 4.68. The monoisotopic (exact) mass is 284 g/mol. The summed E-state index contributed by atoms with van der Waals surface area (Å²) >= 11 is 0. The quantitative estimate of drug-likeness (QED) is 0.711. The zero-order valence-corrected chi connectivity index (χ0v) is 12.7. The molecular formula is C20H16N2. The molecule has 0 unspecified atom stereocenters. The van der Waals surface area contributed by atoms with Crippen LogP contribution in [0, 0.1) is 10.8 Å². The fraction of sp³-hybridized carbons (Fsp3) is 0.200. The van der Waals surface area contributed by atoms with Crippen LogP contribution in [-0.4, -0.2) is 9.97 Å². The molecule has 0 saturated heterocycles. The van der Waals surface area contributed by atoms with E-state index in [1.54, 1.807) is 12.4 Å². The largest absolute Gasteiger partial charge is 0.253 e. The lowest BCUT2D eigenvalue weighted by atomic mass is 9.45. The van der Waals surface area contributed by atoms with Crippen LogP contribution in [0.1, 0.15) is 25.2 Å². The van der Waals surface area contributed by atoms with Gasteiger partial charge in [-0.15, -0.1) is 0 Å². The van der Waals surface area contributed by atoms with Gasteiger partial charge in [0.15, 0.2) is 0 Å². The van der Waals surface area contributed by atoms with E-state index in [2.05, 4.69) is 72.4 Å². The number of aromatic nitrogens is 2. The molecule has 0 saturated carbocycles. The zero-order chi connectivity index (χ0) is 14.9. The van der Waals surface area contributed by atoms with E-state index in [4.69, 9.17) is 0 Å². The highest BCUT2D eigenvalue weighted by Crippen LogP contribution is 2.68. The van der Waals surface area contributed by atoms with Gasteiger partial charge in [-0.05, 0) is 22.3 Å². The molecule has 2 nitrogen and oxygen atoms in total. The Morgan fingerprint density at radius 3 is 1.59 bits per heavy atom. The average molecular weight is 284 g/mol. The Hall–Kier alpha value is -2.48. The van der Waals surface area contributed by atoms with Crippen molar-refractivity contribution in [1.29, 1.82) is 0 Å². The molecular weight excluding hydrogens is 268 g/mol. The molecule has 0 aromatic carbocycles. The Kier molecular flexibility index (Phi) is 2.00. The molecule has 0 radical (unpaired) electrons. The number of fused-ring (bicyclic) bond motifs is 3. The molecule has 0 N–H and O–H groups in total. The van der Waals surface area contributed by atoms with E-state index in [1.165, 1.54) is 22.3 Å². The Labute approximate surface area is 130 Å². The Morgan fingerprint density at radius 2 is 1.14 bits per heavy atom. The van der Waals surface area contributed by atoms with Crippen LogP contribution in [0.3, 0.4) is 0 Å². The molecule has 1 aromatic rings. The first-order chi connectivity index (χ1) is 10.7. The molecule has 0 bridgehead atoms. The predicted octanol–water partition coefficient (Wildman–Crippen LogP) is 4.28. The van der Waals surface area contributed by atoms with Crippen molar-refractivity contribution < 1.29 is 0 Å². The minimum atomic E-state index is -0.0918.